The first kappa shape index (κ1) is 21.0. The number of carbonyl (C=O) groups is 2. The monoisotopic (exact) mass is 465 g/mol. The number of amides is 2. The van der Waals surface area contributed by atoms with E-state index in [1.165, 1.54) is 11.3 Å². The lowest BCUT2D eigenvalue weighted by atomic mass is 10.0. The summed E-state index contributed by atoms with van der Waals surface area (Å²) in [5.41, 5.74) is 3.11. The summed E-state index contributed by atoms with van der Waals surface area (Å²) in [4.78, 5) is 33.6. The Hall–Kier alpha value is -2.84. The molecule has 0 aliphatic carbocycles. The van der Waals surface area contributed by atoms with Crippen LogP contribution in [0, 0.1) is 6.92 Å². The van der Waals surface area contributed by atoms with Gasteiger partial charge in [0.05, 0.1) is 21.9 Å². The van der Waals surface area contributed by atoms with E-state index in [1.54, 1.807) is 11.8 Å². The Labute approximate surface area is 195 Å². The van der Waals surface area contributed by atoms with Gasteiger partial charge >= 0.3 is 0 Å². The number of thiazole rings is 1. The van der Waals surface area contributed by atoms with Crippen LogP contribution in [0.1, 0.15) is 31.4 Å². The number of benzene rings is 2. The van der Waals surface area contributed by atoms with E-state index in [2.05, 4.69) is 10.3 Å². The zero-order chi connectivity index (χ0) is 22.1. The third kappa shape index (κ3) is 4.00. The molecule has 1 aromatic heterocycles. The summed E-state index contributed by atoms with van der Waals surface area (Å²) < 4.78 is 5.57. The molecule has 164 valence electrons. The Balaban J connectivity index is 1.31. The summed E-state index contributed by atoms with van der Waals surface area (Å²) in [5.74, 6) is 1.43. The average molecular weight is 466 g/mol. The number of carbonyl (C=O) groups excluding carboxylic acids is 2. The minimum Gasteiger partial charge on any atom is -0.493 e. The third-order valence-corrected chi connectivity index (χ3v) is 7.89. The smallest absolute Gasteiger partial charge is 0.274 e. The van der Waals surface area contributed by atoms with Crippen LogP contribution in [0.15, 0.2) is 48.5 Å². The van der Waals surface area contributed by atoms with Crippen LogP contribution in [-0.4, -0.2) is 52.5 Å². The molecule has 1 saturated heterocycles. The molecule has 1 fully saturated rings. The Morgan fingerprint density at radius 3 is 2.88 bits per heavy atom. The van der Waals surface area contributed by atoms with Gasteiger partial charge in [0.15, 0.2) is 0 Å². The number of ether oxygens (including phenoxy) is 1. The summed E-state index contributed by atoms with van der Waals surface area (Å²) in [6, 6.07) is 15.5. The molecule has 5 rings (SSSR count). The second-order valence-corrected chi connectivity index (χ2v) is 10.2. The van der Waals surface area contributed by atoms with Crippen LogP contribution in [-0.2, 0) is 6.42 Å². The van der Waals surface area contributed by atoms with E-state index in [0.29, 0.717) is 31.0 Å². The SMILES string of the molecule is Cc1nc(C(=O)N2CCSC2CNC(=O)c2cccc3c2CCO3)c(-c2ccccc2)s1. The number of fused-ring (bicyclic) bond motifs is 1. The molecule has 2 aromatic carbocycles. The number of aromatic nitrogens is 1. The third-order valence-electron chi connectivity index (χ3n) is 5.65. The minimum absolute atomic E-state index is 0.0774. The van der Waals surface area contributed by atoms with Crippen molar-refractivity contribution in [3.8, 4) is 16.2 Å². The first-order valence-corrected chi connectivity index (χ1v) is 12.5. The lowest BCUT2D eigenvalue weighted by molar-refractivity contribution is 0.0747. The molecule has 6 nitrogen and oxygen atoms in total. The van der Waals surface area contributed by atoms with Crippen LogP contribution in [0.25, 0.3) is 10.4 Å². The van der Waals surface area contributed by atoms with Gasteiger partial charge in [-0.2, -0.15) is 0 Å². The standard InChI is InChI=1S/C24H23N3O3S2/c1-15-26-21(22(32-15)16-6-3-2-4-7-16)24(29)27-11-13-31-20(27)14-25-23(28)18-8-5-9-19-17(18)10-12-30-19/h2-9,20H,10-14H2,1H3,(H,25,28). The molecule has 8 heteroatoms. The first-order chi connectivity index (χ1) is 15.6. The Bertz CT molecular complexity index is 1160. The number of rotatable bonds is 5. The van der Waals surface area contributed by atoms with E-state index < -0.39 is 0 Å². The molecular formula is C24H23N3O3S2. The van der Waals surface area contributed by atoms with Gasteiger partial charge in [-0.1, -0.05) is 36.4 Å². The number of nitrogens with zero attached hydrogens (tertiary/aromatic N) is 2. The average Bonchev–Trinajstić information content (AvgIpc) is 3.56. The summed E-state index contributed by atoms with van der Waals surface area (Å²) >= 11 is 3.22. The molecule has 0 saturated carbocycles. The predicted octanol–water partition coefficient (Wildman–Crippen LogP) is 4.00. The van der Waals surface area contributed by atoms with E-state index in [-0.39, 0.29) is 17.2 Å². The van der Waals surface area contributed by atoms with E-state index in [9.17, 15) is 9.59 Å². The Kier molecular flexibility index (Phi) is 5.89. The van der Waals surface area contributed by atoms with Gasteiger partial charge in [-0.15, -0.1) is 23.1 Å². The molecule has 0 spiro atoms. The van der Waals surface area contributed by atoms with Crippen molar-refractivity contribution in [2.75, 3.05) is 25.4 Å². The molecule has 0 bridgehead atoms. The normalized spacial score (nSPS) is 17.2. The molecule has 2 aliphatic rings. The topological polar surface area (TPSA) is 71.5 Å². The van der Waals surface area contributed by atoms with Crippen LogP contribution in [0.3, 0.4) is 0 Å². The van der Waals surface area contributed by atoms with Gasteiger partial charge < -0.3 is 15.0 Å². The largest absolute Gasteiger partial charge is 0.493 e. The molecule has 32 heavy (non-hydrogen) atoms. The fraction of sp³-hybridized carbons (Fsp3) is 0.292. The molecule has 0 radical (unpaired) electrons. The summed E-state index contributed by atoms with van der Waals surface area (Å²) in [7, 11) is 0. The number of hydrogen-bond acceptors (Lipinski definition) is 6. The van der Waals surface area contributed by atoms with E-state index >= 15 is 0 Å². The molecule has 1 N–H and O–H groups in total. The highest BCUT2D eigenvalue weighted by atomic mass is 32.2. The highest BCUT2D eigenvalue weighted by Gasteiger charge is 2.33. The molecule has 2 aliphatic heterocycles. The quantitative estimate of drug-likeness (QED) is 0.617. The van der Waals surface area contributed by atoms with Crippen molar-refractivity contribution in [1.82, 2.24) is 15.2 Å². The summed E-state index contributed by atoms with van der Waals surface area (Å²) in [6.07, 6.45) is 0.743. The zero-order valence-corrected chi connectivity index (χ0v) is 19.3. The van der Waals surface area contributed by atoms with Crippen LogP contribution >= 0.6 is 23.1 Å². The van der Waals surface area contributed by atoms with Crippen molar-refractivity contribution >= 4 is 34.9 Å². The predicted molar refractivity (Wildman–Crippen MR) is 128 cm³/mol. The minimum atomic E-state index is -0.123. The summed E-state index contributed by atoms with van der Waals surface area (Å²) in [5, 5.41) is 3.78. The molecule has 3 heterocycles. The number of hydrogen-bond donors (Lipinski definition) is 1. The molecule has 2 amide bonds. The maximum Gasteiger partial charge on any atom is 0.274 e. The van der Waals surface area contributed by atoms with Crippen molar-refractivity contribution < 1.29 is 14.3 Å². The van der Waals surface area contributed by atoms with Gasteiger partial charge in [-0.3, -0.25) is 9.59 Å². The molecular weight excluding hydrogens is 442 g/mol. The van der Waals surface area contributed by atoms with E-state index in [4.69, 9.17) is 4.74 Å². The summed E-state index contributed by atoms with van der Waals surface area (Å²) in [6.45, 7) is 3.57. The fourth-order valence-corrected chi connectivity index (χ4v) is 6.20. The van der Waals surface area contributed by atoms with Crippen LogP contribution in [0.4, 0.5) is 0 Å². The van der Waals surface area contributed by atoms with Gasteiger partial charge in [0.2, 0.25) is 0 Å². The van der Waals surface area contributed by atoms with Gasteiger partial charge in [0.25, 0.3) is 11.8 Å². The van der Waals surface area contributed by atoms with Crippen LogP contribution < -0.4 is 10.1 Å². The molecule has 1 unspecified atom stereocenters. The Morgan fingerprint density at radius 2 is 2.03 bits per heavy atom. The van der Waals surface area contributed by atoms with Crippen LogP contribution in [0.5, 0.6) is 5.75 Å². The maximum atomic E-state index is 13.5. The second kappa shape index (κ2) is 8.96. The number of aryl methyl sites for hydroxylation is 1. The van der Waals surface area contributed by atoms with Gasteiger partial charge in [0, 0.05) is 36.4 Å². The molecule has 3 aromatic rings. The van der Waals surface area contributed by atoms with Gasteiger partial charge in [0.1, 0.15) is 11.4 Å². The highest BCUT2D eigenvalue weighted by molar-refractivity contribution is 8.00. The maximum absolute atomic E-state index is 13.5. The van der Waals surface area contributed by atoms with Crippen molar-refractivity contribution in [2.45, 2.75) is 18.7 Å². The lowest BCUT2D eigenvalue weighted by Gasteiger charge is -2.24. The van der Waals surface area contributed by atoms with Gasteiger partial charge in [-0.25, -0.2) is 4.98 Å². The highest BCUT2D eigenvalue weighted by Crippen LogP contribution is 2.33. The number of thioether (sulfide) groups is 1. The van der Waals surface area contributed by atoms with Crippen molar-refractivity contribution in [3.05, 3.63) is 70.4 Å². The first-order valence-electron chi connectivity index (χ1n) is 10.6. The van der Waals surface area contributed by atoms with Crippen molar-refractivity contribution in [2.24, 2.45) is 0 Å². The van der Waals surface area contributed by atoms with E-state index in [0.717, 1.165) is 38.9 Å². The fourth-order valence-electron chi connectivity index (χ4n) is 4.13. The Morgan fingerprint density at radius 1 is 1.19 bits per heavy atom. The van der Waals surface area contributed by atoms with Crippen molar-refractivity contribution in [3.63, 3.8) is 0 Å². The lowest BCUT2D eigenvalue weighted by Crippen LogP contribution is -2.42. The molecule has 1 atom stereocenters. The van der Waals surface area contributed by atoms with Gasteiger partial charge in [-0.05, 0) is 24.6 Å². The van der Waals surface area contributed by atoms with Crippen molar-refractivity contribution in [1.29, 1.82) is 0 Å². The second-order valence-electron chi connectivity index (χ2n) is 7.69. The van der Waals surface area contributed by atoms with E-state index in [1.807, 2.05) is 60.4 Å². The van der Waals surface area contributed by atoms with Crippen LogP contribution in [0.2, 0.25) is 0 Å². The zero-order valence-electron chi connectivity index (χ0n) is 17.7. The number of nitrogens with one attached hydrogen (secondary N) is 1.